The van der Waals surface area contributed by atoms with E-state index in [1.165, 1.54) is 27.7 Å². The van der Waals surface area contributed by atoms with Gasteiger partial charge in [-0.15, -0.1) is 0 Å². The maximum Gasteiger partial charge on any atom is 0.159 e. The molecule has 10 rings (SSSR count). The number of aromatic nitrogens is 3. The van der Waals surface area contributed by atoms with Gasteiger partial charge in [0, 0.05) is 51.6 Å². The molecule has 48 heavy (non-hydrogen) atoms. The molecule has 0 N–H and O–H groups in total. The summed E-state index contributed by atoms with van der Waals surface area (Å²) >= 11 is 0. The van der Waals surface area contributed by atoms with Gasteiger partial charge in [-0.05, 0) is 87.7 Å². The van der Waals surface area contributed by atoms with E-state index in [-0.39, 0.29) is 0 Å². The molecule has 0 spiro atoms. The van der Waals surface area contributed by atoms with Crippen molar-refractivity contribution < 1.29 is 4.42 Å². The van der Waals surface area contributed by atoms with Crippen molar-refractivity contribution >= 4 is 38.3 Å². The first-order valence-electron chi connectivity index (χ1n) is 16.5. The van der Waals surface area contributed by atoms with Gasteiger partial charge in [0.25, 0.3) is 0 Å². The molecule has 3 aromatic heterocycles. The standard InChI is InChI=1S/C44H29N3O/c1-2-10-32-29(8-1)23-40-35(32)13-6-15-38(40)44-46-25-31(26-47-44)33-12-5-9-28-22-27(18-20-34(28)33)30-19-21-41(45-24-30)39-16-7-14-37-36-11-3-4-17-42(36)48-43(37)39/h1,3-9,11-22,24-26H,2,10,23H2. The lowest BCUT2D eigenvalue weighted by molar-refractivity contribution is 0.670. The summed E-state index contributed by atoms with van der Waals surface area (Å²) in [6.07, 6.45) is 13.7. The SMILES string of the molecule is C1=CC2=C(CC1)c1cccc(-c3ncc(-c4cccc5cc(-c6ccc(-c7cccc8c7oc7ccccc78)nc6)ccc45)cn3)c1C2. The van der Waals surface area contributed by atoms with Gasteiger partial charge in [0.2, 0.25) is 0 Å². The molecule has 0 saturated heterocycles. The van der Waals surface area contributed by atoms with Crippen LogP contribution in [0.3, 0.4) is 0 Å². The van der Waals surface area contributed by atoms with Gasteiger partial charge >= 0.3 is 0 Å². The highest BCUT2D eigenvalue weighted by atomic mass is 16.3. The van der Waals surface area contributed by atoms with Crippen LogP contribution in [0.1, 0.15) is 24.0 Å². The van der Waals surface area contributed by atoms with Gasteiger partial charge in [0.05, 0.1) is 5.69 Å². The fraction of sp³-hybridized carbons (Fsp3) is 0.0682. The van der Waals surface area contributed by atoms with Crippen molar-refractivity contribution in [2.24, 2.45) is 0 Å². The summed E-state index contributed by atoms with van der Waals surface area (Å²) < 4.78 is 6.26. The van der Waals surface area contributed by atoms with Crippen LogP contribution in [0.2, 0.25) is 0 Å². The first-order valence-corrected chi connectivity index (χ1v) is 16.5. The predicted octanol–water partition coefficient (Wildman–Crippen LogP) is 11.3. The van der Waals surface area contributed by atoms with Gasteiger partial charge in [0.1, 0.15) is 11.2 Å². The highest BCUT2D eigenvalue weighted by Gasteiger charge is 2.25. The van der Waals surface area contributed by atoms with Crippen molar-refractivity contribution in [1.82, 2.24) is 15.0 Å². The lowest BCUT2D eigenvalue weighted by Gasteiger charge is -2.11. The zero-order valence-electron chi connectivity index (χ0n) is 26.2. The minimum Gasteiger partial charge on any atom is -0.455 e. The Morgan fingerprint density at radius 1 is 0.562 bits per heavy atom. The molecule has 0 unspecified atom stereocenters. The average molecular weight is 616 g/mol. The van der Waals surface area contributed by atoms with Crippen molar-refractivity contribution in [3.63, 3.8) is 0 Å². The molecule has 0 saturated carbocycles. The van der Waals surface area contributed by atoms with E-state index in [9.17, 15) is 0 Å². The molecule has 5 aromatic carbocycles. The van der Waals surface area contributed by atoms with Gasteiger partial charge in [-0.1, -0.05) is 97.1 Å². The normalized spacial score (nSPS) is 13.8. The Bertz CT molecular complexity index is 2630. The van der Waals surface area contributed by atoms with E-state index in [4.69, 9.17) is 19.4 Å². The summed E-state index contributed by atoms with van der Waals surface area (Å²) in [5.41, 5.74) is 14.8. The van der Waals surface area contributed by atoms with E-state index < -0.39 is 0 Å². The van der Waals surface area contributed by atoms with E-state index >= 15 is 0 Å². The Hall–Kier alpha value is -6.13. The number of benzene rings is 5. The van der Waals surface area contributed by atoms with E-state index in [1.54, 1.807) is 0 Å². The molecule has 3 heterocycles. The van der Waals surface area contributed by atoms with E-state index in [0.717, 1.165) is 91.5 Å². The quantitative estimate of drug-likeness (QED) is 0.198. The number of para-hydroxylation sites is 2. The second-order valence-electron chi connectivity index (χ2n) is 12.7. The molecular weight excluding hydrogens is 587 g/mol. The summed E-state index contributed by atoms with van der Waals surface area (Å²) in [6, 6.07) is 38.3. The van der Waals surface area contributed by atoms with Gasteiger partial charge in [-0.25, -0.2) is 9.97 Å². The molecule has 0 atom stereocenters. The monoisotopic (exact) mass is 615 g/mol. The molecular formula is C44H29N3O. The number of pyridine rings is 1. The molecule has 0 amide bonds. The van der Waals surface area contributed by atoms with E-state index in [1.807, 2.05) is 36.8 Å². The number of furan rings is 1. The van der Waals surface area contributed by atoms with Crippen LogP contribution in [0.5, 0.6) is 0 Å². The Kier molecular flexibility index (Phi) is 6.03. The maximum atomic E-state index is 6.26. The van der Waals surface area contributed by atoms with Crippen LogP contribution < -0.4 is 0 Å². The number of hydrogen-bond acceptors (Lipinski definition) is 4. The van der Waals surface area contributed by atoms with Gasteiger partial charge in [-0.2, -0.15) is 0 Å². The summed E-state index contributed by atoms with van der Waals surface area (Å²) in [7, 11) is 0. The van der Waals surface area contributed by atoms with Gasteiger partial charge < -0.3 is 4.42 Å². The zero-order chi connectivity index (χ0) is 31.6. The minimum atomic E-state index is 0.787. The maximum absolute atomic E-state index is 6.26. The molecule has 4 nitrogen and oxygen atoms in total. The largest absolute Gasteiger partial charge is 0.455 e. The van der Waals surface area contributed by atoms with Crippen molar-refractivity contribution in [3.8, 4) is 44.9 Å². The minimum absolute atomic E-state index is 0.787. The predicted molar refractivity (Wildman–Crippen MR) is 195 cm³/mol. The van der Waals surface area contributed by atoms with Crippen LogP contribution >= 0.6 is 0 Å². The molecule has 0 radical (unpaired) electrons. The molecule has 2 aliphatic rings. The lowest BCUT2D eigenvalue weighted by atomic mass is 9.95. The van der Waals surface area contributed by atoms with Crippen molar-refractivity contribution in [3.05, 3.63) is 157 Å². The third-order valence-corrected chi connectivity index (χ3v) is 10.00. The lowest BCUT2D eigenvalue weighted by Crippen LogP contribution is -1.95. The first-order chi connectivity index (χ1) is 23.8. The summed E-state index contributed by atoms with van der Waals surface area (Å²) in [4.78, 5) is 14.7. The molecule has 226 valence electrons. The van der Waals surface area contributed by atoms with Crippen LogP contribution in [0.25, 0.3) is 83.2 Å². The number of hydrogen-bond donors (Lipinski definition) is 0. The fourth-order valence-electron chi connectivity index (χ4n) is 7.64. The molecule has 0 fully saturated rings. The molecule has 0 aliphatic heterocycles. The summed E-state index contributed by atoms with van der Waals surface area (Å²) in [5.74, 6) is 0.787. The molecule has 0 bridgehead atoms. The Balaban J connectivity index is 0.951. The summed E-state index contributed by atoms with van der Waals surface area (Å²) in [6.45, 7) is 0. The van der Waals surface area contributed by atoms with Crippen LogP contribution in [0.15, 0.2) is 150 Å². The van der Waals surface area contributed by atoms with Crippen molar-refractivity contribution in [2.45, 2.75) is 19.3 Å². The number of rotatable bonds is 4. The van der Waals surface area contributed by atoms with Crippen molar-refractivity contribution in [1.29, 1.82) is 0 Å². The number of fused-ring (bicyclic) bond motifs is 6. The average Bonchev–Trinajstić information content (AvgIpc) is 3.73. The third kappa shape index (κ3) is 4.26. The molecule has 2 aliphatic carbocycles. The highest BCUT2D eigenvalue weighted by Crippen LogP contribution is 2.42. The number of nitrogens with zero attached hydrogens (tertiary/aromatic N) is 3. The van der Waals surface area contributed by atoms with Gasteiger partial charge in [-0.3, -0.25) is 4.98 Å². The first kappa shape index (κ1) is 27.0. The highest BCUT2D eigenvalue weighted by molar-refractivity contribution is 6.09. The van der Waals surface area contributed by atoms with Gasteiger partial charge in [0.15, 0.2) is 5.82 Å². The zero-order valence-corrected chi connectivity index (χ0v) is 26.2. The molecule has 8 aromatic rings. The summed E-state index contributed by atoms with van der Waals surface area (Å²) in [5, 5.41) is 4.56. The fourth-order valence-corrected chi connectivity index (χ4v) is 7.64. The molecule has 4 heteroatoms. The van der Waals surface area contributed by atoms with Crippen LogP contribution in [-0.4, -0.2) is 15.0 Å². The van der Waals surface area contributed by atoms with E-state index in [2.05, 4.69) is 103 Å². The van der Waals surface area contributed by atoms with Crippen LogP contribution in [-0.2, 0) is 6.42 Å². The van der Waals surface area contributed by atoms with Crippen molar-refractivity contribution in [2.75, 3.05) is 0 Å². The Morgan fingerprint density at radius 2 is 1.33 bits per heavy atom. The van der Waals surface area contributed by atoms with Crippen LogP contribution in [0.4, 0.5) is 0 Å². The second-order valence-corrected chi connectivity index (χ2v) is 12.7. The van der Waals surface area contributed by atoms with Crippen LogP contribution in [0, 0.1) is 0 Å². The smallest absolute Gasteiger partial charge is 0.159 e. The third-order valence-electron chi connectivity index (χ3n) is 10.00. The second kappa shape index (κ2) is 10.7. The number of allylic oxidation sites excluding steroid dienone is 4. The topological polar surface area (TPSA) is 51.8 Å². The Morgan fingerprint density at radius 3 is 2.25 bits per heavy atom. The van der Waals surface area contributed by atoms with E-state index in [0.29, 0.717) is 0 Å². The Labute approximate surface area is 277 Å².